The Morgan fingerprint density at radius 2 is 1.73 bits per heavy atom. The number of rotatable bonds is 9. The van der Waals surface area contributed by atoms with Gasteiger partial charge in [0, 0.05) is 26.2 Å². The minimum Gasteiger partial charge on any atom is -0.495 e. The number of nitrogens with zero attached hydrogens (tertiary/aromatic N) is 2. The van der Waals surface area contributed by atoms with Crippen molar-refractivity contribution in [1.82, 2.24) is 10.2 Å². The molecule has 1 amide bonds. The molecule has 1 saturated heterocycles. The molecular weight excluding hydrogens is 442 g/mol. The number of carbonyl (C=O) groups excluding carboxylic acids is 1. The zero-order valence-electron chi connectivity index (χ0n) is 19.8. The first-order chi connectivity index (χ1) is 15.7. The Labute approximate surface area is 196 Å². The second-order valence-electron chi connectivity index (χ2n) is 8.32. The lowest BCUT2D eigenvalue weighted by Crippen LogP contribution is -2.45. The van der Waals surface area contributed by atoms with Gasteiger partial charge in [0.05, 0.1) is 26.0 Å². The molecular formula is C24H33N3O5S. The van der Waals surface area contributed by atoms with Gasteiger partial charge in [-0.3, -0.25) is 14.0 Å². The lowest BCUT2D eigenvalue weighted by Gasteiger charge is -2.27. The zero-order chi connectivity index (χ0) is 24.0. The number of amides is 1. The fourth-order valence-electron chi connectivity index (χ4n) is 3.88. The number of sulfonamides is 1. The van der Waals surface area contributed by atoms with E-state index < -0.39 is 10.0 Å². The molecule has 1 N–H and O–H groups in total. The Bertz CT molecular complexity index is 1060. The van der Waals surface area contributed by atoms with Gasteiger partial charge < -0.3 is 14.8 Å². The van der Waals surface area contributed by atoms with Crippen LogP contribution in [0, 0.1) is 20.8 Å². The standard InChI is InChI=1S/C24H33N3O5S/c1-18-5-6-22(31-4)23(16-18)33(29,30)27(21-14-19(2)13-20(3)15-21)17-24(28)25-7-8-26-9-11-32-12-10-26/h5-6,13-16H,7-12,17H2,1-4H3,(H,25,28). The van der Waals surface area contributed by atoms with E-state index >= 15 is 0 Å². The van der Waals surface area contributed by atoms with E-state index in [4.69, 9.17) is 9.47 Å². The summed E-state index contributed by atoms with van der Waals surface area (Å²) >= 11 is 0. The van der Waals surface area contributed by atoms with Crippen molar-refractivity contribution >= 4 is 21.6 Å². The van der Waals surface area contributed by atoms with Gasteiger partial charge in [0.1, 0.15) is 17.2 Å². The number of anilines is 1. The van der Waals surface area contributed by atoms with Crippen molar-refractivity contribution < 1.29 is 22.7 Å². The van der Waals surface area contributed by atoms with Crippen LogP contribution in [-0.4, -0.2) is 72.3 Å². The van der Waals surface area contributed by atoms with E-state index in [2.05, 4.69) is 10.2 Å². The molecule has 0 spiro atoms. The second-order valence-corrected chi connectivity index (χ2v) is 10.1. The Kier molecular flexibility index (Phi) is 8.34. The highest BCUT2D eigenvalue weighted by atomic mass is 32.2. The van der Waals surface area contributed by atoms with Crippen LogP contribution in [0.2, 0.25) is 0 Å². The molecule has 33 heavy (non-hydrogen) atoms. The Hall–Kier alpha value is -2.62. The van der Waals surface area contributed by atoms with E-state index in [1.165, 1.54) is 7.11 Å². The summed E-state index contributed by atoms with van der Waals surface area (Å²) in [5.74, 6) is -0.125. The molecule has 0 bridgehead atoms. The van der Waals surface area contributed by atoms with Crippen LogP contribution in [0.1, 0.15) is 16.7 Å². The molecule has 1 fully saturated rings. The van der Waals surface area contributed by atoms with Crippen LogP contribution < -0.4 is 14.4 Å². The minimum atomic E-state index is -4.07. The van der Waals surface area contributed by atoms with Gasteiger partial charge in [0.15, 0.2) is 0 Å². The Morgan fingerprint density at radius 3 is 2.36 bits per heavy atom. The number of ether oxygens (including phenoxy) is 2. The first kappa shape index (κ1) is 25.0. The summed E-state index contributed by atoms with van der Waals surface area (Å²) in [6, 6.07) is 10.5. The highest BCUT2D eigenvalue weighted by Crippen LogP contribution is 2.31. The molecule has 3 rings (SSSR count). The van der Waals surface area contributed by atoms with Crippen molar-refractivity contribution in [2.45, 2.75) is 25.7 Å². The van der Waals surface area contributed by atoms with Crippen molar-refractivity contribution in [2.24, 2.45) is 0 Å². The monoisotopic (exact) mass is 475 g/mol. The van der Waals surface area contributed by atoms with E-state index in [0.29, 0.717) is 32.0 Å². The van der Waals surface area contributed by atoms with E-state index in [-0.39, 0.29) is 23.1 Å². The summed E-state index contributed by atoms with van der Waals surface area (Å²) in [5.41, 5.74) is 3.05. The summed E-state index contributed by atoms with van der Waals surface area (Å²) in [5, 5.41) is 2.86. The molecule has 0 aromatic heterocycles. The van der Waals surface area contributed by atoms with Crippen molar-refractivity contribution in [2.75, 3.05) is 57.4 Å². The molecule has 1 heterocycles. The molecule has 0 radical (unpaired) electrons. The molecule has 0 saturated carbocycles. The summed E-state index contributed by atoms with van der Waals surface area (Å²) in [6.45, 7) is 9.44. The van der Waals surface area contributed by atoms with Gasteiger partial charge in [-0.25, -0.2) is 8.42 Å². The van der Waals surface area contributed by atoms with Crippen molar-refractivity contribution in [1.29, 1.82) is 0 Å². The predicted molar refractivity (Wildman–Crippen MR) is 128 cm³/mol. The number of hydrogen-bond acceptors (Lipinski definition) is 6. The highest BCUT2D eigenvalue weighted by Gasteiger charge is 2.30. The van der Waals surface area contributed by atoms with Crippen LogP contribution in [0.4, 0.5) is 5.69 Å². The fraction of sp³-hybridized carbons (Fsp3) is 0.458. The third-order valence-electron chi connectivity index (χ3n) is 5.52. The van der Waals surface area contributed by atoms with Crippen molar-refractivity contribution in [3.8, 4) is 5.75 Å². The highest BCUT2D eigenvalue weighted by molar-refractivity contribution is 7.93. The number of carbonyl (C=O) groups is 1. The maximum atomic E-state index is 13.8. The van der Waals surface area contributed by atoms with Gasteiger partial charge in [-0.2, -0.15) is 0 Å². The lowest BCUT2D eigenvalue weighted by molar-refractivity contribution is -0.119. The van der Waals surface area contributed by atoms with Crippen LogP contribution in [0.3, 0.4) is 0 Å². The second kappa shape index (κ2) is 11.0. The van der Waals surface area contributed by atoms with Crippen molar-refractivity contribution in [3.05, 3.63) is 53.1 Å². The first-order valence-electron chi connectivity index (χ1n) is 11.0. The quantitative estimate of drug-likeness (QED) is 0.599. The fourth-order valence-corrected chi connectivity index (χ4v) is 5.53. The molecule has 2 aromatic rings. The van der Waals surface area contributed by atoms with Gasteiger partial charge in [-0.1, -0.05) is 12.1 Å². The number of aryl methyl sites for hydroxylation is 3. The van der Waals surface area contributed by atoms with Crippen LogP contribution in [-0.2, 0) is 19.6 Å². The molecule has 180 valence electrons. The average Bonchev–Trinajstić information content (AvgIpc) is 2.77. The number of morpholine rings is 1. The number of benzene rings is 2. The smallest absolute Gasteiger partial charge is 0.268 e. The SMILES string of the molecule is COc1ccc(C)cc1S(=O)(=O)N(CC(=O)NCCN1CCOCC1)c1cc(C)cc(C)c1. The first-order valence-corrected chi connectivity index (χ1v) is 12.5. The average molecular weight is 476 g/mol. The van der Waals surface area contributed by atoms with E-state index in [9.17, 15) is 13.2 Å². The Morgan fingerprint density at radius 1 is 1.06 bits per heavy atom. The van der Waals surface area contributed by atoms with Gasteiger partial charge in [-0.15, -0.1) is 0 Å². The number of hydrogen-bond donors (Lipinski definition) is 1. The molecule has 0 atom stereocenters. The van der Waals surface area contributed by atoms with Gasteiger partial charge in [0.25, 0.3) is 10.0 Å². The summed E-state index contributed by atoms with van der Waals surface area (Å²) in [4.78, 5) is 15.1. The zero-order valence-corrected chi connectivity index (χ0v) is 20.6. The molecule has 2 aromatic carbocycles. The largest absolute Gasteiger partial charge is 0.495 e. The van der Waals surface area contributed by atoms with E-state index in [1.54, 1.807) is 30.3 Å². The van der Waals surface area contributed by atoms with Crippen LogP contribution in [0.5, 0.6) is 5.75 Å². The lowest BCUT2D eigenvalue weighted by atomic mass is 10.1. The molecule has 9 heteroatoms. The van der Waals surface area contributed by atoms with Crippen molar-refractivity contribution in [3.63, 3.8) is 0 Å². The molecule has 0 unspecified atom stereocenters. The molecule has 1 aliphatic rings. The maximum absolute atomic E-state index is 13.8. The summed E-state index contributed by atoms with van der Waals surface area (Å²) in [6.07, 6.45) is 0. The molecule has 0 aliphatic carbocycles. The van der Waals surface area contributed by atoms with Gasteiger partial charge >= 0.3 is 0 Å². The minimum absolute atomic E-state index is 0.0327. The predicted octanol–water partition coefficient (Wildman–Crippen LogP) is 2.26. The van der Waals surface area contributed by atoms with Gasteiger partial charge in [0.2, 0.25) is 5.91 Å². The molecule has 1 aliphatic heterocycles. The maximum Gasteiger partial charge on any atom is 0.268 e. The van der Waals surface area contributed by atoms with Gasteiger partial charge in [-0.05, 0) is 61.7 Å². The normalized spacial score (nSPS) is 14.7. The summed E-state index contributed by atoms with van der Waals surface area (Å²) < 4.78 is 39.4. The van der Waals surface area contributed by atoms with Crippen LogP contribution in [0.15, 0.2) is 41.3 Å². The number of nitrogens with one attached hydrogen (secondary N) is 1. The molecule has 8 nitrogen and oxygen atoms in total. The van der Waals surface area contributed by atoms with Crippen LogP contribution in [0.25, 0.3) is 0 Å². The van der Waals surface area contributed by atoms with E-state index in [0.717, 1.165) is 34.1 Å². The number of methoxy groups -OCH3 is 1. The van der Waals surface area contributed by atoms with Crippen LogP contribution >= 0.6 is 0 Å². The summed E-state index contributed by atoms with van der Waals surface area (Å²) in [7, 11) is -2.64. The topological polar surface area (TPSA) is 88.2 Å². The van der Waals surface area contributed by atoms with E-state index in [1.807, 2.05) is 26.8 Å². The Balaban J connectivity index is 1.86. The third-order valence-corrected chi connectivity index (χ3v) is 7.32. The third kappa shape index (κ3) is 6.46.